The normalized spacial score (nSPS) is 9.79. The predicted octanol–water partition coefficient (Wildman–Crippen LogP) is 1.82. The maximum atomic E-state index is 5.27. The monoisotopic (exact) mass is 252 g/mol. The van der Waals surface area contributed by atoms with Crippen LogP contribution in [0.5, 0.6) is 11.8 Å². The van der Waals surface area contributed by atoms with Crippen molar-refractivity contribution in [2.75, 3.05) is 0 Å². The van der Waals surface area contributed by atoms with E-state index in [0.29, 0.717) is 5.75 Å². The number of aromatic nitrogens is 4. The van der Waals surface area contributed by atoms with Gasteiger partial charge in [-0.3, -0.25) is 0 Å². The Hall–Kier alpha value is -1.56. The van der Waals surface area contributed by atoms with Crippen LogP contribution in [0.3, 0.4) is 0 Å². The minimum absolute atomic E-state index is 0.267. The van der Waals surface area contributed by atoms with Gasteiger partial charge in [0.2, 0.25) is 0 Å². The van der Waals surface area contributed by atoms with E-state index in [4.69, 9.17) is 4.74 Å². The molecule has 0 amide bonds. The van der Waals surface area contributed by atoms with Crippen LogP contribution in [-0.4, -0.2) is 19.9 Å². The molecule has 0 N–H and O–H groups in total. The quantitative estimate of drug-likeness (QED) is 0.816. The number of hydrogen-bond acceptors (Lipinski definition) is 5. The third-order valence-electron chi connectivity index (χ3n) is 1.34. The first kappa shape index (κ1) is 9.01. The summed E-state index contributed by atoms with van der Waals surface area (Å²) >= 11 is 3.23. The van der Waals surface area contributed by atoms with Gasteiger partial charge in [-0.05, 0) is 15.9 Å². The summed E-state index contributed by atoms with van der Waals surface area (Å²) in [4.78, 5) is 15.5. The number of nitrogens with zero attached hydrogens (tertiary/aromatic N) is 4. The fourth-order valence-corrected chi connectivity index (χ4v) is 1.00. The smallest absolute Gasteiger partial charge is 0.322 e. The van der Waals surface area contributed by atoms with E-state index in [2.05, 4.69) is 35.9 Å². The molecule has 0 spiro atoms. The van der Waals surface area contributed by atoms with Crippen LogP contribution in [0.4, 0.5) is 0 Å². The highest BCUT2D eigenvalue weighted by atomic mass is 79.9. The lowest BCUT2D eigenvalue weighted by molar-refractivity contribution is 0.437. The first-order valence-electron chi connectivity index (χ1n) is 3.75. The second-order valence-electron chi connectivity index (χ2n) is 2.36. The van der Waals surface area contributed by atoms with Crippen molar-refractivity contribution in [3.8, 4) is 11.8 Å². The second-order valence-corrected chi connectivity index (χ2v) is 3.28. The number of rotatable bonds is 2. The molecule has 0 aliphatic carbocycles. The van der Waals surface area contributed by atoms with Gasteiger partial charge in [-0.1, -0.05) is 0 Å². The van der Waals surface area contributed by atoms with Crippen LogP contribution < -0.4 is 4.74 Å². The van der Waals surface area contributed by atoms with Crippen LogP contribution in [0, 0.1) is 0 Å². The molecular formula is C8H5BrN4O. The predicted molar refractivity (Wildman–Crippen MR) is 51.8 cm³/mol. The van der Waals surface area contributed by atoms with Crippen molar-refractivity contribution in [3.05, 3.63) is 35.6 Å². The summed E-state index contributed by atoms with van der Waals surface area (Å²) < 4.78 is 6.07. The second kappa shape index (κ2) is 4.10. The van der Waals surface area contributed by atoms with Crippen molar-refractivity contribution in [1.82, 2.24) is 19.9 Å². The number of halogens is 1. The maximum absolute atomic E-state index is 5.27. The molecule has 5 nitrogen and oxygen atoms in total. The van der Waals surface area contributed by atoms with Gasteiger partial charge in [-0.15, -0.1) is 0 Å². The molecule has 0 atom stereocenters. The van der Waals surface area contributed by atoms with Gasteiger partial charge in [0.15, 0.2) is 5.75 Å². The minimum atomic E-state index is 0.267. The SMILES string of the molecule is Brc1cnc(Oc2cncnc2)nc1. The fourth-order valence-electron chi connectivity index (χ4n) is 0.797. The molecular weight excluding hydrogens is 248 g/mol. The van der Waals surface area contributed by atoms with Crippen LogP contribution in [0.15, 0.2) is 35.6 Å². The molecule has 6 heteroatoms. The average molecular weight is 253 g/mol. The van der Waals surface area contributed by atoms with E-state index in [-0.39, 0.29) is 6.01 Å². The Kier molecular flexibility index (Phi) is 2.64. The summed E-state index contributed by atoms with van der Waals surface area (Å²) in [5.74, 6) is 0.509. The molecule has 0 aromatic carbocycles. The van der Waals surface area contributed by atoms with Crippen LogP contribution in [0.1, 0.15) is 0 Å². The summed E-state index contributed by atoms with van der Waals surface area (Å²) in [5, 5.41) is 0. The minimum Gasteiger partial charge on any atom is -0.421 e. The Morgan fingerprint density at radius 3 is 2.29 bits per heavy atom. The molecule has 2 aromatic rings. The summed E-state index contributed by atoms with van der Waals surface area (Å²) in [7, 11) is 0. The van der Waals surface area contributed by atoms with Gasteiger partial charge in [0.1, 0.15) is 6.33 Å². The molecule has 0 bridgehead atoms. The fraction of sp³-hybridized carbons (Fsp3) is 0. The van der Waals surface area contributed by atoms with Crippen LogP contribution in [0.25, 0.3) is 0 Å². The molecule has 0 fully saturated rings. The summed E-state index contributed by atoms with van der Waals surface area (Å²) in [6.07, 6.45) is 7.71. The molecule has 0 saturated carbocycles. The highest BCUT2D eigenvalue weighted by molar-refractivity contribution is 9.10. The van der Waals surface area contributed by atoms with E-state index < -0.39 is 0 Å². The van der Waals surface area contributed by atoms with Crippen molar-refractivity contribution in [1.29, 1.82) is 0 Å². The van der Waals surface area contributed by atoms with Crippen LogP contribution in [0.2, 0.25) is 0 Å². The topological polar surface area (TPSA) is 60.8 Å². The van der Waals surface area contributed by atoms with Crippen molar-refractivity contribution in [2.45, 2.75) is 0 Å². The van der Waals surface area contributed by atoms with Gasteiger partial charge in [0, 0.05) is 12.4 Å². The molecule has 2 rings (SSSR count). The molecule has 0 aliphatic rings. The van der Waals surface area contributed by atoms with Gasteiger partial charge in [0.25, 0.3) is 0 Å². The molecule has 0 unspecified atom stereocenters. The highest BCUT2D eigenvalue weighted by Gasteiger charge is 1.99. The Labute approximate surface area is 88.3 Å². The van der Waals surface area contributed by atoms with E-state index >= 15 is 0 Å². The van der Waals surface area contributed by atoms with Crippen molar-refractivity contribution < 1.29 is 4.74 Å². The average Bonchev–Trinajstić information content (AvgIpc) is 2.23. The van der Waals surface area contributed by atoms with Gasteiger partial charge in [-0.25, -0.2) is 19.9 Å². The summed E-state index contributed by atoms with van der Waals surface area (Å²) in [6.45, 7) is 0. The molecule has 70 valence electrons. The molecule has 2 heterocycles. The van der Waals surface area contributed by atoms with E-state index in [1.54, 1.807) is 24.8 Å². The molecule has 2 aromatic heterocycles. The Balaban J connectivity index is 2.16. The number of ether oxygens (including phenoxy) is 1. The van der Waals surface area contributed by atoms with E-state index in [9.17, 15) is 0 Å². The standard InChI is InChI=1S/C8H5BrN4O/c9-6-1-12-8(13-2-6)14-7-3-10-5-11-4-7/h1-5H. The van der Waals surface area contributed by atoms with Gasteiger partial charge in [-0.2, -0.15) is 0 Å². The van der Waals surface area contributed by atoms with Gasteiger partial charge >= 0.3 is 6.01 Å². The zero-order valence-corrected chi connectivity index (χ0v) is 8.55. The third-order valence-corrected chi connectivity index (χ3v) is 1.75. The van der Waals surface area contributed by atoms with Gasteiger partial charge < -0.3 is 4.74 Å². The lowest BCUT2D eigenvalue weighted by atomic mass is 10.6. The Morgan fingerprint density at radius 2 is 1.64 bits per heavy atom. The van der Waals surface area contributed by atoms with E-state index in [0.717, 1.165) is 4.47 Å². The van der Waals surface area contributed by atoms with Crippen LogP contribution >= 0.6 is 15.9 Å². The van der Waals surface area contributed by atoms with Crippen molar-refractivity contribution in [2.24, 2.45) is 0 Å². The van der Waals surface area contributed by atoms with Crippen molar-refractivity contribution in [3.63, 3.8) is 0 Å². The zero-order valence-electron chi connectivity index (χ0n) is 6.96. The summed E-state index contributed by atoms with van der Waals surface area (Å²) in [6, 6.07) is 0.267. The van der Waals surface area contributed by atoms with E-state index in [1.807, 2.05) is 0 Å². The Bertz CT molecular complexity index is 405. The molecule has 0 saturated heterocycles. The molecule has 14 heavy (non-hydrogen) atoms. The van der Waals surface area contributed by atoms with Crippen molar-refractivity contribution >= 4 is 15.9 Å². The molecule has 0 aliphatic heterocycles. The maximum Gasteiger partial charge on any atom is 0.322 e. The third kappa shape index (κ3) is 2.23. The first-order chi connectivity index (χ1) is 6.84. The summed E-state index contributed by atoms with van der Waals surface area (Å²) in [5.41, 5.74) is 0. The lowest BCUT2D eigenvalue weighted by Gasteiger charge is -2.00. The number of hydrogen-bond donors (Lipinski definition) is 0. The Morgan fingerprint density at radius 1 is 1.00 bits per heavy atom. The lowest BCUT2D eigenvalue weighted by Crippen LogP contribution is -1.91. The largest absolute Gasteiger partial charge is 0.421 e. The zero-order chi connectivity index (χ0) is 9.80. The van der Waals surface area contributed by atoms with Gasteiger partial charge in [0.05, 0.1) is 16.9 Å². The van der Waals surface area contributed by atoms with E-state index in [1.165, 1.54) is 6.33 Å². The van der Waals surface area contributed by atoms with Crippen LogP contribution in [-0.2, 0) is 0 Å². The first-order valence-corrected chi connectivity index (χ1v) is 4.54. The highest BCUT2D eigenvalue weighted by Crippen LogP contribution is 2.15. The molecule has 0 radical (unpaired) electrons.